The van der Waals surface area contributed by atoms with E-state index in [9.17, 15) is 4.79 Å². The summed E-state index contributed by atoms with van der Waals surface area (Å²) in [6.07, 6.45) is 1.70. The first-order valence-electron chi connectivity index (χ1n) is 6.54. The maximum Gasteiger partial charge on any atom is 0.237 e. The molecular weight excluding hydrogens is 242 g/mol. The van der Waals surface area contributed by atoms with Crippen LogP contribution in [0.25, 0.3) is 0 Å². The van der Waals surface area contributed by atoms with Gasteiger partial charge >= 0.3 is 0 Å². The van der Waals surface area contributed by atoms with E-state index in [1.165, 1.54) is 0 Å². The van der Waals surface area contributed by atoms with E-state index >= 15 is 0 Å². The molecule has 0 spiro atoms. The molecule has 1 fully saturated rings. The minimum Gasteiger partial charge on any atom is -0.349 e. The van der Waals surface area contributed by atoms with Crippen LogP contribution >= 0.6 is 0 Å². The summed E-state index contributed by atoms with van der Waals surface area (Å²) in [5.74, 6) is -0.0661. The van der Waals surface area contributed by atoms with E-state index in [0.717, 1.165) is 5.69 Å². The lowest BCUT2D eigenvalue weighted by Gasteiger charge is -2.24. The highest BCUT2D eigenvalue weighted by Crippen LogP contribution is 2.17. The molecule has 1 aliphatic rings. The molecule has 2 heterocycles. The molecule has 3 atom stereocenters. The third kappa shape index (κ3) is 3.28. The van der Waals surface area contributed by atoms with E-state index in [-0.39, 0.29) is 23.9 Å². The molecule has 6 nitrogen and oxygen atoms in total. The third-order valence-electron chi connectivity index (χ3n) is 3.58. The minimum absolute atomic E-state index is 0.0729. The Morgan fingerprint density at radius 2 is 2.11 bits per heavy atom. The lowest BCUT2D eigenvalue weighted by atomic mass is 9.88. The Kier molecular flexibility index (Phi) is 4.47. The zero-order chi connectivity index (χ0) is 13.8. The van der Waals surface area contributed by atoms with Gasteiger partial charge in [0.25, 0.3) is 0 Å². The molecule has 3 unspecified atom stereocenters. The Balaban J connectivity index is 1.89. The molecule has 1 saturated heterocycles. The first kappa shape index (κ1) is 13.9. The standard InChI is InChI=1S/C13H21N5O/c1-8-11(9(2)18-17-8)12(14)13(19)16-7-10-5-3-4-6-15-10/h3-6,8-9,11-12,17-18H,7,14H2,1-2H3,(H,16,19). The number of hydrazine groups is 1. The van der Waals surface area contributed by atoms with Gasteiger partial charge in [0.1, 0.15) is 0 Å². The quantitative estimate of drug-likeness (QED) is 0.589. The molecule has 0 aliphatic carbocycles. The SMILES string of the molecule is CC1NNC(C)C1C(N)C(=O)NCc1ccccn1. The van der Waals surface area contributed by atoms with Crippen molar-refractivity contribution in [3.63, 3.8) is 0 Å². The molecule has 0 aromatic carbocycles. The summed E-state index contributed by atoms with van der Waals surface area (Å²) >= 11 is 0. The summed E-state index contributed by atoms with van der Waals surface area (Å²) in [7, 11) is 0. The largest absolute Gasteiger partial charge is 0.349 e. The fourth-order valence-electron chi connectivity index (χ4n) is 2.48. The smallest absolute Gasteiger partial charge is 0.237 e. The summed E-state index contributed by atoms with van der Waals surface area (Å²) in [5, 5.41) is 2.83. The number of carbonyl (C=O) groups excluding carboxylic acids is 1. The average Bonchev–Trinajstić information content (AvgIpc) is 2.76. The molecule has 1 aliphatic heterocycles. The number of nitrogens with zero attached hydrogens (tertiary/aromatic N) is 1. The maximum absolute atomic E-state index is 12.1. The van der Waals surface area contributed by atoms with Crippen molar-refractivity contribution < 1.29 is 4.79 Å². The predicted molar refractivity (Wildman–Crippen MR) is 72.7 cm³/mol. The van der Waals surface area contributed by atoms with Crippen LogP contribution < -0.4 is 21.9 Å². The minimum atomic E-state index is -0.531. The Labute approximate surface area is 113 Å². The first-order valence-corrected chi connectivity index (χ1v) is 6.54. The van der Waals surface area contributed by atoms with Crippen LogP contribution in [0.5, 0.6) is 0 Å². The summed E-state index contributed by atoms with van der Waals surface area (Å²) in [6, 6.07) is 5.42. The van der Waals surface area contributed by atoms with Crippen LogP contribution in [0.3, 0.4) is 0 Å². The number of amides is 1. The van der Waals surface area contributed by atoms with Crippen LogP contribution in [0.2, 0.25) is 0 Å². The second-order valence-electron chi connectivity index (χ2n) is 5.01. The Bertz CT molecular complexity index is 414. The molecule has 19 heavy (non-hydrogen) atoms. The van der Waals surface area contributed by atoms with Crippen molar-refractivity contribution in [2.75, 3.05) is 0 Å². The summed E-state index contributed by atoms with van der Waals surface area (Å²) < 4.78 is 0. The molecule has 104 valence electrons. The van der Waals surface area contributed by atoms with Gasteiger partial charge in [-0.2, -0.15) is 0 Å². The number of carbonyl (C=O) groups is 1. The number of nitrogens with one attached hydrogen (secondary N) is 3. The Morgan fingerprint density at radius 3 is 2.68 bits per heavy atom. The number of rotatable bonds is 4. The van der Waals surface area contributed by atoms with E-state index in [0.29, 0.717) is 6.54 Å². The topological polar surface area (TPSA) is 92.1 Å². The van der Waals surface area contributed by atoms with Crippen LogP contribution in [0.15, 0.2) is 24.4 Å². The highest BCUT2D eigenvalue weighted by atomic mass is 16.2. The van der Waals surface area contributed by atoms with Gasteiger partial charge in [0, 0.05) is 24.2 Å². The molecule has 2 rings (SSSR count). The van der Waals surface area contributed by atoms with Crippen LogP contribution in [-0.2, 0) is 11.3 Å². The van der Waals surface area contributed by atoms with Gasteiger partial charge in [0.15, 0.2) is 0 Å². The number of hydrogen-bond donors (Lipinski definition) is 4. The van der Waals surface area contributed by atoms with Crippen LogP contribution in [0, 0.1) is 5.92 Å². The number of aromatic nitrogens is 1. The normalized spacial score (nSPS) is 28.1. The van der Waals surface area contributed by atoms with Crippen molar-refractivity contribution in [2.24, 2.45) is 11.7 Å². The fourth-order valence-corrected chi connectivity index (χ4v) is 2.48. The van der Waals surface area contributed by atoms with Gasteiger partial charge in [-0.25, -0.2) is 0 Å². The van der Waals surface area contributed by atoms with Crippen LogP contribution in [-0.4, -0.2) is 29.0 Å². The molecule has 6 heteroatoms. The number of hydrogen-bond acceptors (Lipinski definition) is 5. The molecule has 0 radical (unpaired) electrons. The average molecular weight is 263 g/mol. The van der Waals surface area contributed by atoms with Gasteiger partial charge in [0.2, 0.25) is 5.91 Å². The fraction of sp³-hybridized carbons (Fsp3) is 0.538. The highest BCUT2D eigenvalue weighted by molar-refractivity contribution is 5.82. The first-order chi connectivity index (χ1) is 9.09. The second-order valence-corrected chi connectivity index (χ2v) is 5.01. The molecule has 0 bridgehead atoms. The monoisotopic (exact) mass is 263 g/mol. The number of nitrogens with two attached hydrogens (primary N) is 1. The van der Waals surface area contributed by atoms with Gasteiger partial charge in [-0.15, -0.1) is 0 Å². The van der Waals surface area contributed by atoms with Crippen molar-refractivity contribution in [3.05, 3.63) is 30.1 Å². The molecule has 1 amide bonds. The van der Waals surface area contributed by atoms with E-state index in [2.05, 4.69) is 21.2 Å². The van der Waals surface area contributed by atoms with Crippen molar-refractivity contribution >= 4 is 5.91 Å². The van der Waals surface area contributed by atoms with E-state index in [1.807, 2.05) is 32.0 Å². The van der Waals surface area contributed by atoms with E-state index in [1.54, 1.807) is 6.20 Å². The van der Waals surface area contributed by atoms with Crippen molar-refractivity contribution in [1.29, 1.82) is 0 Å². The lowest BCUT2D eigenvalue weighted by molar-refractivity contribution is -0.123. The predicted octanol–water partition coefficient (Wildman–Crippen LogP) is -0.474. The molecule has 1 aromatic heterocycles. The zero-order valence-corrected chi connectivity index (χ0v) is 11.3. The molecule has 1 aromatic rings. The summed E-state index contributed by atoms with van der Waals surface area (Å²) in [5.41, 5.74) is 13.1. The van der Waals surface area contributed by atoms with E-state index < -0.39 is 6.04 Å². The van der Waals surface area contributed by atoms with Crippen molar-refractivity contribution in [1.82, 2.24) is 21.2 Å². The van der Waals surface area contributed by atoms with Gasteiger partial charge in [-0.1, -0.05) is 6.07 Å². The molecule has 0 saturated carbocycles. The van der Waals surface area contributed by atoms with Crippen molar-refractivity contribution in [2.45, 2.75) is 38.5 Å². The highest BCUT2D eigenvalue weighted by Gasteiger charge is 2.37. The van der Waals surface area contributed by atoms with Crippen LogP contribution in [0.1, 0.15) is 19.5 Å². The van der Waals surface area contributed by atoms with Crippen LogP contribution in [0.4, 0.5) is 0 Å². The summed E-state index contributed by atoms with van der Waals surface area (Å²) in [6.45, 7) is 4.45. The maximum atomic E-state index is 12.1. The van der Waals surface area contributed by atoms with E-state index in [4.69, 9.17) is 5.73 Å². The summed E-state index contributed by atoms with van der Waals surface area (Å²) in [4.78, 5) is 16.2. The van der Waals surface area contributed by atoms with Gasteiger partial charge < -0.3 is 11.1 Å². The molecule has 5 N–H and O–H groups in total. The van der Waals surface area contributed by atoms with Gasteiger partial charge in [-0.3, -0.25) is 20.6 Å². The van der Waals surface area contributed by atoms with Gasteiger partial charge in [-0.05, 0) is 26.0 Å². The molecular formula is C13H21N5O. The number of pyridine rings is 1. The van der Waals surface area contributed by atoms with Crippen molar-refractivity contribution in [3.8, 4) is 0 Å². The lowest BCUT2D eigenvalue weighted by Crippen LogP contribution is -2.50. The third-order valence-corrected chi connectivity index (χ3v) is 3.58. The van der Waals surface area contributed by atoms with Gasteiger partial charge in [0.05, 0.1) is 18.3 Å². The Morgan fingerprint density at radius 1 is 1.42 bits per heavy atom. The zero-order valence-electron chi connectivity index (χ0n) is 11.3. The second kappa shape index (κ2) is 6.10. The Hall–Kier alpha value is -1.50.